The van der Waals surface area contributed by atoms with Gasteiger partial charge in [0.2, 0.25) is 5.91 Å². The third-order valence-electron chi connectivity index (χ3n) is 5.97. The molecule has 0 radical (unpaired) electrons. The largest absolute Gasteiger partial charge is 0.368 e. The van der Waals surface area contributed by atoms with Gasteiger partial charge in [-0.15, -0.1) is 0 Å². The maximum Gasteiger partial charge on any atom is 0.253 e. The summed E-state index contributed by atoms with van der Waals surface area (Å²) in [5, 5.41) is 2.96. The van der Waals surface area contributed by atoms with Crippen molar-refractivity contribution in [2.75, 3.05) is 36.4 Å². The normalized spacial score (nSPS) is 13.6. The molecule has 1 N–H and O–H groups in total. The predicted molar refractivity (Wildman–Crippen MR) is 137 cm³/mol. The lowest BCUT2D eigenvalue weighted by atomic mass is 10.1. The number of rotatable bonds is 6. The minimum absolute atomic E-state index is 0.0378. The standard InChI is InChI=1S/C27H28BrN3O2/c1-2-20-3-7-22(8-4-20)27(33)31-17-15-30(16-18-31)25-13-11-24(12-14-25)29-26(32)19-21-5-9-23(28)10-6-21/h3-14H,2,15-19H2,1H3,(H,29,32). The van der Waals surface area contributed by atoms with Crippen LogP contribution < -0.4 is 10.2 Å². The number of nitrogens with one attached hydrogen (secondary N) is 1. The first kappa shape index (κ1) is 23.1. The summed E-state index contributed by atoms with van der Waals surface area (Å²) in [5.41, 5.74) is 4.85. The molecule has 1 aliphatic heterocycles. The topological polar surface area (TPSA) is 52.7 Å². The number of nitrogens with zero attached hydrogens (tertiary/aromatic N) is 2. The summed E-state index contributed by atoms with van der Waals surface area (Å²) in [4.78, 5) is 29.3. The number of aryl methyl sites for hydroxylation is 1. The molecule has 0 saturated carbocycles. The van der Waals surface area contributed by atoms with Crippen LogP contribution in [0, 0.1) is 0 Å². The van der Waals surface area contributed by atoms with Crippen LogP contribution >= 0.6 is 15.9 Å². The number of hydrogen-bond donors (Lipinski definition) is 1. The molecule has 1 heterocycles. The van der Waals surface area contributed by atoms with Crippen LogP contribution in [0.25, 0.3) is 0 Å². The quantitative estimate of drug-likeness (QED) is 0.503. The highest BCUT2D eigenvalue weighted by Gasteiger charge is 2.22. The van der Waals surface area contributed by atoms with Crippen LogP contribution in [0.1, 0.15) is 28.4 Å². The number of piperazine rings is 1. The van der Waals surface area contributed by atoms with Gasteiger partial charge in [-0.05, 0) is 66.1 Å². The van der Waals surface area contributed by atoms with E-state index in [4.69, 9.17) is 0 Å². The Morgan fingerprint density at radius 3 is 2.03 bits per heavy atom. The zero-order chi connectivity index (χ0) is 23.2. The second kappa shape index (κ2) is 10.7. The third-order valence-corrected chi connectivity index (χ3v) is 6.50. The summed E-state index contributed by atoms with van der Waals surface area (Å²) in [6, 6.07) is 23.6. The van der Waals surface area contributed by atoms with Gasteiger partial charge in [-0.1, -0.05) is 47.1 Å². The molecule has 3 aromatic rings. The number of benzene rings is 3. The van der Waals surface area contributed by atoms with Crippen LogP contribution in [0.4, 0.5) is 11.4 Å². The SMILES string of the molecule is CCc1ccc(C(=O)N2CCN(c3ccc(NC(=O)Cc4ccc(Br)cc4)cc3)CC2)cc1. The highest BCUT2D eigenvalue weighted by molar-refractivity contribution is 9.10. The summed E-state index contributed by atoms with van der Waals surface area (Å²) in [7, 11) is 0. The average Bonchev–Trinajstić information content (AvgIpc) is 2.85. The summed E-state index contributed by atoms with van der Waals surface area (Å²) < 4.78 is 0.998. The number of carbonyl (C=O) groups excluding carboxylic acids is 2. The second-order valence-electron chi connectivity index (χ2n) is 8.23. The Labute approximate surface area is 203 Å². The lowest BCUT2D eigenvalue weighted by molar-refractivity contribution is -0.115. The van der Waals surface area contributed by atoms with Crippen LogP contribution in [0.2, 0.25) is 0 Å². The Kier molecular flexibility index (Phi) is 7.45. The Balaban J connectivity index is 1.28. The zero-order valence-corrected chi connectivity index (χ0v) is 20.3. The molecule has 170 valence electrons. The molecule has 1 fully saturated rings. The van der Waals surface area contributed by atoms with Gasteiger partial charge >= 0.3 is 0 Å². The summed E-state index contributed by atoms with van der Waals surface area (Å²) in [6.45, 7) is 5.07. The maximum atomic E-state index is 12.8. The molecule has 2 amide bonds. The molecule has 4 rings (SSSR count). The molecule has 3 aromatic carbocycles. The number of anilines is 2. The molecule has 33 heavy (non-hydrogen) atoms. The van der Waals surface area contributed by atoms with Crippen molar-refractivity contribution in [3.63, 3.8) is 0 Å². The van der Waals surface area contributed by atoms with Gasteiger partial charge in [0.05, 0.1) is 6.42 Å². The zero-order valence-electron chi connectivity index (χ0n) is 18.8. The van der Waals surface area contributed by atoms with Gasteiger partial charge in [0.1, 0.15) is 0 Å². The van der Waals surface area contributed by atoms with Gasteiger partial charge in [0.15, 0.2) is 0 Å². The van der Waals surface area contributed by atoms with Gasteiger partial charge in [-0.3, -0.25) is 9.59 Å². The van der Waals surface area contributed by atoms with E-state index >= 15 is 0 Å². The first-order chi connectivity index (χ1) is 16.0. The van der Waals surface area contributed by atoms with Gasteiger partial charge in [0, 0.05) is 47.6 Å². The fourth-order valence-corrected chi connectivity index (χ4v) is 4.25. The van der Waals surface area contributed by atoms with Crippen LogP contribution in [0.3, 0.4) is 0 Å². The Morgan fingerprint density at radius 1 is 0.818 bits per heavy atom. The minimum atomic E-state index is -0.0378. The molecule has 5 nitrogen and oxygen atoms in total. The Bertz CT molecular complexity index is 1090. The minimum Gasteiger partial charge on any atom is -0.368 e. The van der Waals surface area contributed by atoms with E-state index in [-0.39, 0.29) is 11.8 Å². The van der Waals surface area contributed by atoms with E-state index in [0.29, 0.717) is 19.5 Å². The summed E-state index contributed by atoms with van der Waals surface area (Å²) in [6.07, 6.45) is 1.31. The molecular formula is C27H28BrN3O2. The highest BCUT2D eigenvalue weighted by atomic mass is 79.9. The number of carbonyl (C=O) groups is 2. The van der Waals surface area contributed by atoms with E-state index in [1.165, 1.54) is 5.56 Å². The first-order valence-corrected chi connectivity index (χ1v) is 12.1. The molecule has 0 unspecified atom stereocenters. The van der Waals surface area contributed by atoms with Crippen molar-refractivity contribution in [2.45, 2.75) is 19.8 Å². The van der Waals surface area contributed by atoms with Gasteiger partial charge in [-0.2, -0.15) is 0 Å². The van der Waals surface area contributed by atoms with E-state index < -0.39 is 0 Å². The lowest BCUT2D eigenvalue weighted by Gasteiger charge is -2.36. The van der Waals surface area contributed by atoms with E-state index in [2.05, 4.69) is 33.1 Å². The Hall–Kier alpha value is -3.12. The predicted octanol–water partition coefficient (Wildman–Crippen LogP) is 5.16. The van der Waals surface area contributed by atoms with Crippen molar-refractivity contribution >= 4 is 39.1 Å². The fourth-order valence-electron chi connectivity index (χ4n) is 3.98. The maximum absolute atomic E-state index is 12.8. The van der Waals surface area contributed by atoms with Gasteiger partial charge < -0.3 is 15.1 Å². The average molecular weight is 506 g/mol. The van der Waals surface area contributed by atoms with E-state index in [0.717, 1.165) is 46.5 Å². The van der Waals surface area contributed by atoms with Crippen molar-refractivity contribution in [1.29, 1.82) is 0 Å². The van der Waals surface area contributed by atoms with Crippen LogP contribution in [-0.4, -0.2) is 42.9 Å². The van der Waals surface area contributed by atoms with Crippen molar-refractivity contribution in [3.8, 4) is 0 Å². The van der Waals surface area contributed by atoms with Gasteiger partial charge in [0.25, 0.3) is 5.91 Å². The van der Waals surface area contributed by atoms with Crippen LogP contribution in [0.5, 0.6) is 0 Å². The monoisotopic (exact) mass is 505 g/mol. The third kappa shape index (κ3) is 6.02. The lowest BCUT2D eigenvalue weighted by Crippen LogP contribution is -2.48. The number of halogens is 1. The second-order valence-corrected chi connectivity index (χ2v) is 9.14. The van der Waals surface area contributed by atoms with E-state index in [1.807, 2.05) is 77.7 Å². The highest BCUT2D eigenvalue weighted by Crippen LogP contribution is 2.21. The molecule has 0 aliphatic carbocycles. The smallest absolute Gasteiger partial charge is 0.253 e. The van der Waals surface area contributed by atoms with E-state index in [1.54, 1.807) is 0 Å². The molecular weight excluding hydrogens is 478 g/mol. The molecule has 6 heteroatoms. The van der Waals surface area contributed by atoms with Crippen LogP contribution in [-0.2, 0) is 17.6 Å². The summed E-state index contributed by atoms with van der Waals surface area (Å²) in [5.74, 6) is 0.0605. The molecule has 1 saturated heterocycles. The van der Waals surface area contributed by atoms with Crippen molar-refractivity contribution in [3.05, 3.63) is 94.0 Å². The Morgan fingerprint density at radius 2 is 1.42 bits per heavy atom. The van der Waals surface area contributed by atoms with Crippen molar-refractivity contribution < 1.29 is 9.59 Å². The van der Waals surface area contributed by atoms with E-state index in [9.17, 15) is 9.59 Å². The van der Waals surface area contributed by atoms with Gasteiger partial charge in [-0.25, -0.2) is 0 Å². The number of hydrogen-bond acceptors (Lipinski definition) is 3. The first-order valence-electron chi connectivity index (χ1n) is 11.3. The van der Waals surface area contributed by atoms with Crippen LogP contribution in [0.15, 0.2) is 77.3 Å². The fraction of sp³-hybridized carbons (Fsp3) is 0.259. The summed E-state index contributed by atoms with van der Waals surface area (Å²) >= 11 is 3.41. The number of amides is 2. The molecule has 0 spiro atoms. The molecule has 0 bridgehead atoms. The molecule has 0 aromatic heterocycles. The van der Waals surface area contributed by atoms with Crippen molar-refractivity contribution in [2.24, 2.45) is 0 Å². The molecule has 0 atom stereocenters. The van der Waals surface area contributed by atoms with Crippen molar-refractivity contribution in [1.82, 2.24) is 4.90 Å². The molecule has 1 aliphatic rings.